The zero-order chi connectivity index (χ0) is 10.8. The first-order valence-corrected chi connectivity index (χ1v) is 5.36. The Balaban J connectivity index is 2.18. The normalized spacial score (nSPS) is 21.1. The van der Waals surface area contributed by atoms with E-state index in [-0.39, 0.29) is 11.8 Å². The molecule has 80 valence electrons. The Morgan fingerprint density at radius 1 is 1.60 bits per heavy atom. The van der Waals surface area contributed by atoms with Crippen LogP contribution in [0.1, 0.15) is 6.42 Å². The molecule has 1 amide bonds. The molecule has 0 aromatic carbocycles. The number of nitrogens with zero attached hydrogens (tertiary/aromatic N) is 2. The van der Waals surface area contributed by atoms with Gasteiger partial charge in [0.2, 0.25) is 5.91 Å². The van der Waals surface area contributed by atoms with E-state index in [9.17, 15) is 9.18 Å². The lowest BCUT2D eigenvalue weighted by molar-refractivity contribution is -0.117. The van der Waals surface area contributed by atoms with Crippen LogP contribution in [0.5, 0.6) is 0 Å². The van der Waals surface area contributed by atoms with E-state index in [0.29, 0.717) is 24.5 Å². The van der Waals surface area contributed by atoms with Gasteiger partial charge in [-0.2, -0.15) is 12.6 Å². The summed E-state index contributed by atoms with van der Waals surface area (Å²) in [4.78, 5) is 17.1. The van der Waals surface area contributed by atoms with Gasteiger partial charge in [-0.15, -0.1) is 0 Å². The molecule has 2 rings (SSSR count). The Bertz CT molecular complexity index is 368. The van der Waals surface area contributed by atoms with Crippen molar-refractivity contribution in [3.05, 3.63) is 24.1 Å². The molecule has 1 saturated heterocycles. The second-order valence-corrected chi connectivity index (χ2v) is 3.96. The average molecular weight is 226 g/mol. The van der Waals surface area contributed by atoms with Gasteiger partial charge in [-0.3, -0.25) is 9.69 Å². The summed E-state index contributed by atoms with van der Waals surface area (Å²) in [7, 11) is 0. The van der Waals surface area contributed by atoms with E-state index in [0.717, 1.165) is 6.20 Å². The number of halogens is 1. The Labute approximate surface area is 92.7 Å². The monoisotopic (exact) mass is 226 g/mol. The maximum atomic E-state index is 12.6. The van der Waals surface area contributed by atoms with Gasteiger partial charge in [0, 0.05) is 13.0 Å². The van der Waals surface area contributed by atoms with Gasteiger partial charge >= 0.3 is 0 Å². The standard InChI is InChI=1S/C10H11FN2OS/c11-8-1-2-9(12-4-8)13-5-7(6-15)3-10(13)14/h1-2,4,7,15H,3,5-6H2. The molecular weight excluding hydrogens is 215 g/mol. The molecule has 5 heteroatoms. The van der Waals surface area contributed by atoms with Crippen molar-refractivity contribution in [3.63, 3.8) is 0 Å². The first-order chi connectivity index (χ1) is 7.20. The van der Waals surface area contributed by atoms with Gasteiger partial charge in [0.1, 0.15) is 11.6 Å². The highest BCUT2D eigenvalue weighted by Crippen LogP contribution is 2.23. The first-order valence-electron chi connectivity index (χ1n) is 4.73. The first kappa shape index (κ1) is 10.4. The summed E-state index contributed by atoms with van der Waals surface area (Å²) in [5.41, 5.74) is 0. The van der Waals surface area contributed by atoms with E-state index in [2.05, 4.69) is 17.6 Å². The summed E-state index contributed by atoms with van der Waals surface area (Å²) < 4.78 is 12.6. The van der Waals surface area contributed by atoms with E-state index < -0.39 is 5.82 Å². The van der Waals surface area contributed by atoms with Gasteiger partial charge in [-0.05, 0) is 23.8 Å². The van der Waals surface area contributed by atoms with E-state index in [4.69, 9.17) is 0 Å². The quantitative estimate of drug-likeness (QED) is 0.775. The van der Waals surface area contributed by atoms with Gasteiger partial charge in [0.25, 0.3) is 0 Å². The van der Waals surface area contributed by atoms with Crippen molar-refractivity contribution in [2.75, 3.05) is 17.2 Å². The predicted octanol–water partition coefficient (Wildman–Crippen LogP) is 1.50. The maximum Gasteiger partial charge on any atom is 0.228 e. The van der Waals surface area contributed by atoms with Crippen LogP contribution < -0.4 is 4.90 Å². The molecule has 0 N–H and O–H groups in total. The number of amides is 1. The van der Waals surface area contributed by atoms with Crippen LogP contribution >= 0.6 is 12.6 Å². The summed E-state index contributed by atoms with van der Waals surface area (Å²) >= 11 is 4.17. The van der Waals surface area contributed by atoms with Gasteiger partial charge in [-0.25, -0.2) is 9.37 Å². The molecule has 1 aliphatic rings. The van der Waals surface area contributed by atoms with Crippen LogP contribution in [-0.4, -0.2) is 23.2 Å². The number of aromatic nitrogens is 1. The number of carbonyl (C=O) groups is 1. The largest absolute Gasteiger partial charge is 0.296 e. The molecule has 0 bridgehead atoms. The third-order valence-corrected chi connectivity index (χ3v) is 2.97. The van der Waals surface area contributed by atoms with E-state index in [1.54, 1.807) is 4.90 Å². The number of pyridine rings is 1. The highest BCUT2D eigenvalue weighted by Gasteiger charge is 2.30. The summed E-state index contributed by atoms with van der Waals surface area (Å²) in [5.74, 6) is 1.12. The molecule has 0 saturated carbocycles. The van der Waals surface area contributed by atoms with Crippen molar-refractivity contribution in [1.29, 1.82) is 0 Å². The topological polar surface area (TPSA) is 33.2 Å². The number of thiol groups is 1. The van der Waals surface area contributed by atoms with Crippen LogP contribution in [0.15, 0.2) is 18.3 Å². The van der Waals surface area contributed by atoms with E-state index in [1.165, 1.54) is 12.1 Å². The summed E-state index contributed by atoms with van der Waals surface area (Å²) in [6, 6.07) is 2.83. The number of hydrogen-bond acceptors (Lipinski definition) is 3. The fraction of sp³-hybridized carbons (Fsp3) is 0.400. The van der Waals surface area contributed by atoms with Crippen LogP contribution in [-0.2, 0) is 4.79 Å². The van der Waals surface area contributed by atoms with Crippen molar-refractivity contribution in [3.8, 4) is 0 Å². The molecule has 1 atom stereocenters. The van der Waals surface area contributed by atoms with E-state index in [1.807, 2.05) is 0 Å². The molecule has 1 aromatic rings. The van der Waals surface area contributed by atoms with Gasteiger partial charge in [-0.1, -0.05) is 0 Å². The number of rotatable bonds is 2. The average Bonchev–Trinajstić information content (AvgIpc) is 2.61. The van der Waals surface area contributed by atoms with Crippen LogP contribution in [0.4, 0.5) is 10.2 Å². The van der Waals surface area contributed by atoms with Gasteiger partial charge in [0.05, 0.1) is 6.20 Å². The fourth-order valence-corrected chi connectivity index (χ4v) is 1.90. The minimum absolute atomic E-state index is 0.0353. The minimum Gasteiger partial charge on any atom is -0.296 e. The number of hydrogen-bond donors (Lipinski definition) is 1. The molecule has 0 aliphatic carbocycles. The Morgan fingerprint density at radius 3 is 2.93 bits per heavy atom. The molecular formula is C10H11FN2OS. The second kappa shape index (κ2) is 4.18. The Morgan fingerprint density at radius 2 is 2.40 bits per heavy atom. The van der Waals surface area contributed by atoms with Crippen molar-refractivity contribution >= 4 is 24.4 Å². The third-order valence-electron chi connectivity index (χ3n) is 2.45. The van der Waals surface area contributed by atoms with Crippen molar-refractivity contribution in [2.45, 2.75) is 6.42 Å². The summed E-state index contributed by atoms with van der Waals surface area (Å²) in [5, 5.41) is 0. The summed E-state index contributed by atoms with van der Waals surface area (Å²) in [6.07, 6.45) is 1.62. The van der Waals surface area contributed by atoms with Crippen molar-refractivity contribution in [2.24, 2.45) is 5.92 Å². The number of carbonyl (C=O) groups excluding carboxylic acids is 1. The van der Waals surface area contributed by atoms with Crippen LogP contribution in [0.2, 0.25) is 0 Å². The van der Waals surface area contributed by atoms with Crippen molar-refractivity contribution < 1.29 is 9.18 Å². The summed E-state index contributed by atoms with van der Waals surface area (Å²) in [6.45, 7) is 0.626. The molecule has 3 nitrogen and oxygen atoms in total. The van der Waals surface area contributed by atoms with Crippen molar-refractivity contribution in [1.82, 2.24) is 4.98 Å². The molecule has 2 heterocycles. The molecule has 1 aromatic heterocycles. The lowest BCUT2D eigenvalue weighted by Gasteiger charge is -2.14. The lowest BCUT2D eigenvalue weighted by Crippen LogP contribution is -2.25. The number of anilines is 1. The van der Waals surface area contributed by atoms with Crippen LogP contribution in [0, 0.1) is 11.7 Å². The van der Waals surface area contributed by atoms with Gasteiger partial charge < -0.3 is 0 Å². The molecule has 1 aliphatic heterocycles. The SMILES string of the molecule is O=C1CC(CS)CN1c1ccc(F)cn1. The van der Waals surface area contributed by atoms with Crippen LogP contribution in [0.3, 0.4) is 0 Å². The molecule has 1 fully saturated rings. The highest BCUT2D eigenvalue weighted by molar-refractivity contribution is 7.80. The maximum absolute atomic E-state index is 12.6. The fourth-order valence-electron chi connectivity index (χ4n) is 1.65. The molecule has 0 radical (unpaired) electrons. The Kier molecular flexibility index (Phi) is 2.90. The zero-order valence-electron chi connectivity index (χ0n) is 8.06. The minimum atomic E-state index is -0.392. The Hall–Kier alpha value is -1.10. The molecule has 1 unspecified atom stereocenters. The smallest absolute Gasteiger partial charge is 0.228 e. The highest BCUT2D eigenvalue weighted by atomic mass is 32.1. The molecule has 0 spiro atoms. The zero-order valence-corrected chi connectivity index (χ0v) is 8.95. The third kappa shape index (κ3) is 2.12. The lowest BCUT2D eigenvalue weighted by atomic mass is 10.1. The van der Waals surface area contributed by atoms with E-state index >= 15 is 0 Å². The second-order valence-electron chi connectivity index (χ2n) is 3.59. The van der Waals surface area contributed by atoms with Gasteiger partial charge in [0.15, 0.2) is 0 Å². The predicted molar refractivity (Wildman–Crippen MR) is 58.5 cm³/mol. The van der Waals surface area contributed by atoms with Crippen LogP contribution in [0.25, 0.3) is 0 Å². The molecule has 15 heavy (non-hydrogen) atoms.